The molecule has 1 rings (SSSR count). The summed E-state index contributed by atoms with van der Waals surface area (Å²) in [5.74, 6) is -1.68. The summed E-state index contributed by atoms with van der Waals surface area (Å²) < 4.78 is 38.2. The third-order valence-corrected chi connectivity index (χ3v) is 2.61. The Morgan fingerprint density at radius 3 is 2.28 bits per heavy atom. The van der Waals surface area contributed by atoms with E-state index in [1.54, 1.807) is 0 Å². The minimum Gasteiger partial charge on any atom is -0.508 e. The second kappa shape index (κ2) is 4.51. The molecule has 100 valence electrons. The highest BCUT2D eigenvalue weighted by Gasteiger charge is 2.36. The molecule has 0 heterocycles. The predicted molar refractivity (Wildman–Crippen MR) is 58.2 cm³/mol. The van der Waals surface area contributed by atoms with E-state index in [2.05, 4.69) is 0 Å². The van der Waals surface area contributed by atoms with Crippen LogP contribution in [0, 0.1) is 5.41 Å². The Kier molecular flexibility index (Phi) is 3.59. The SMILES string of the molecule is CC(C)(Cc1ccc(O)cc1C(F)(F)F)C(=O)O. The Hall–Kier alpha value is -1.72. The molecular formula is C12H13F3O3. The van der Waals surface area contributed by atoms with Crippen LogP contribution in [0.2, 0.25) is 0 Å². The van der Waals surface area contributed by atoms with Crippen LogP contribution in [0.5, 0.6) is 5.75 Å². The van der Waals surface area contributed by atoms with Gasteiger partial charge in [0, 0.05) is 0 Å². The third-order valence-electron chi connectivity index (χ3n) is 2.61. The largest absolute Gasteiger partial charge is 0.508 e. The van der Waals surface area contributed by atoms with Gasteiger partial charge in [0.15, 0.2) is 0 Å². The molecule has 0 bridgehead atoms. The zero-order valence-corrected chi connectivity index (χ0v) is 9.88. The highest BCUT2D eigenvalue weighted by molar-refractivity contribution is 5.74. The van der Waals surface area contributed by atoms with Crippen molar-refractivity contribution in [3.8, 4) is 5.75 Å². The fraction of sp³-hybridized carbons (Fsp3) is 0.417. The standard InChI is InChI=1S/C12H13F3O3/c1-11(2,10(17)18)6-7-3-4-8(16)5-9(7)12(13,14)15/h3-5,16H,6H2,1-2H3,(H,17,18). The van der Waals surface area contributed by atoms with Crippen molar-refractivity contribution in [3.63, 3.8) is 0 Å². The average molecular weight is 262 g/mol. The summed E-state index contributed by atoms with van der Waals surface area (Å²) in [6.45, 7) is 2.70. The lowest BCUT2D eigenvalue weighted by atomic mass is 9.84. The van der Waals surface area contributed by atoms with Crippen molar-refractivity contribution in [2.24, 2.45) is 5.41 Å². The zero-order chi connectivity index (χ0) is 14.1. The summed E-state index contributed by atoms with van der Waals surface area (Å²) in [4.78, 5) is 10.9. The van der Waals surface area contributed by atoms with Gasteiger partial charge in [-0.1, -0.05) is 6.07 Å². The maximum atomic E-state index is 12.7. The summed E-state index contributed by atoms with van der Waals surface area (Å²) in [5.41, 5.74) is -2.46. The van der Waals surface area contributed by atoms with Crippen LogP contribution in [0.25, 0.3) is 0 Å². The molecule has 2 N–H and O–H groups in total. The van der Waals surface area contributed by atoms with Gasteiger partial charge in [-0.05, 0) is 38.0 Å². The van der Waals surface area contributed by atoms with E-state index in [1.165, 1.54) is 13.8 Å². The van der Waals surface area contributed by atoms with E-state index in [4.69, 9.17) is 10.2 Å². The van der Waals surface area contributed by atoms with Crippen LogP contribution >= 0.6 is 0 Å². The summed E-state index contributed by atoms with van der Waals surface area (Å²) in [7, 11) is 0. The monoisotopic (exact) mass is 262 g/mol. The fourth-order valence-electron chi connectivity index (χ4n) is 1.53. The lowest BCUT2D eigenvalue weighted by Gasteiger charge is -2.21. The van der Waals surface area contributed by atoms with Crippen molar-refractivity contribution < 1.29 is 28.2 Å². The van der Waals surface area contributed by atoms with E-state index in [0.717, 1.165) is 12.1 Å². The molecule has 3 nitrogen and oxygen atoms in total. The molecule has 0 atom stereocenters. The normalized spacial score (nSPS) is 12.5. The number of aliphatic carboxylic acids is 1. The van der Waals surface area contributed by atoms with Gasteiger partial charge in [-0.25, -0.2) is 0 Å². The van der Waals surface area contributed by atoms with E-state index >= 15 is 0 Å². The van der Waals surface area contributed by atoms with Crippen molar-refractivity contribution in [2.75, 3.05) is 0 Å². The lowest BCUT2D eigenvalue weighted by Crippen LogP contribution is -2.27. The highest BCUT2D eigenvalue weighted by Crippen LogP contribution is 2.36. The lowest BCUT2D eigenvalue weighted by molar-refractivity contribution is -0.148. The van der Waals surface area contributed by atoms with Gasteiger partial charge in [0.25, 0.3) is 0 Å². The quantitative estimate of drug-likeness (QED) is 0.880. The van der Waals surface area contributed by atoms with E-state index < -0.39 is 28.9 Å². The Balaban J connectivity index is 3.22. The Bertz CT molecular complexity index is 464. The molecule has 0 aliphatic rings. The number of phenols is 1. The zero-order valence-electron chi connectivity index (χ0n) is 9.88. The summed E-state index contributed by atoms with van der Waals surface area (Å²) in [5, 5.41) is 18.0. The van der Waals surface area contributed by atoms with Gasteiger partial charge in [0.1, 0.15) is 5.75 Å². The van der Waals surface area contributed by atoms with E-state index in [0.29, 0.717) is 6.07 Å². The molecule has 1 aromatic rings. The van der Waals surface area contributed by atoms with Crippen LogP contribution in [0.1, 0.15) is 25.0 Å². The van der Waals surface area contributed by atoms with Crippen LogP contribution in [-0.2, 0) is 17.4 Å². The van der Waals surface area contributed by atoms with E-state index in [-0.39, 0.29) is 12.0 Å². The van der Waals surface area contributed by atoms with Gasteiger partial charge in [0.2, 0.25) is 0 Å². The van der Waals surface area contributed by atoms with Crippen LogP contribution in [0.15, 0.2) is 18.2 Å². The van der Waals surface area contributed by atoms with E-state index in [1.807, 2.05) is 0 Å². The Morgan fingerprint density at radius 2 is 1.83 bits per heavy atom. The smallest absolute Gasteiger partial charge is 0.416 e. The maximum absolute atomic E-state index is 12.7. The number of halogens is 3. The third kappa shape index (κ3) is 3.15. The van der Waals surface area contributed by atoms with Gasteiger partial charge >= 0.3 is 12.1 Å². The number of carbonyl (C=O) groups is 1. The first-order chi connectivity index (χ1) is 8.04. The molecule has 0 amide bonds. The molecule has 0 aromatic heterocycles. The fourth-order valence-corrected chi connectivity index (χ4v) is 1.53. The first-order valence-corrected chi connectivity index (χ1v) is 5.16. The van der Waals surface area contributed by atoms with Crippen molar-refractivity contribution >= 4 is 5.97 Å². The number of phenolic OH excluding ortho intramolecular Hbond substituents is 1. The molecular weight excluding hydrogens is 249 g/mol. The average Bonchev–Trinajstić information content (AvgIpc) is 2.18. The number of rotatable bonds is 3. The second-order valence-corrected chi connectivity index (χ2v) is 4.71. The van der Waals surface area contributed by atoms with Crippen LogP contribution in [0.4, 0.5) is 13.2 Å². The van der Waals surface area contributed by atoms with Gasteiger partial charge in [-0.15, -0.1) is 0 Å². The number of hydrogen-bond donors (Lipinski definition) is 2. The molecule has 18 heavy (non-hydrogen) atoms. The summed E-state index contributed by atoms with van der Waals surface area (Å²) in [6.07, 6.45) is -4.89. The first-order valence-electron chi connectivity index (χ1n) is 5.16. The van der Waals surface area contributed by atoms with Crippen LogP contribution in [0.3, 0.4) is 0 Å². The molecule has 1 aromatic carbocycles. The molecule has 6 heteroatoms. The number of aromatic hydroxyl groups is 1. The molecule has 0 unspecified atom stereocenters. The van der Waals surface area contributed by atoms with Crippen LogP contribution < -0.4 is 0 Å². The minimum atomic E-state index is -4.62. The summed E-state index contributed by atoms with van der Waals surface area (Å²) in [6, 6.07) is 2.82. The maximum Gasteiger partial charge on any atom is 0.416 e. The van der Waals surface area contributed by atoms with Crippen molar-refractivity contribution in [1.29, 1.82) is 0 Å². The van der Waals surface area contributed by atoms with Crippen molar-refractivity contribution in [3.05, 3.63) is 29.3 Å². The first kappa shape index (κ1) is 14.3. The number of benzene rings is 1. The second-order valence-electron chi connectivity index (χ2n) is 4.71. The number of carboxylic acid groups (broad SMARTS) is 1. The molecule has 0 aliphatic heterocycles. The van der Waals surface area contributed by atoms with Gasteiger partial charge < -0.3 is 10.2 Å². The molecule has 0 fully saturated rings. The molecule has 0 spiro atoms. The highest BCUT2D eigenvalue weighted by atomic mass is 19.4. The number of alkyl halides is 3. The van der Waals surface area contributed by atoms with Gasteiger partial charge in [-0.2, -0.15) is 13.2 Å². The van der Waals surface area contributed by atoms with Crippen LogP contribution in [-0.4, -0.2) is 16.2 Å². The Morgan fingerprint density at radius 1 is 1.28 bits per heavy atom. The van der Waals surface area contributed by atoms with Gasteiger partial charge in [-0.3, -0.25) is 4.79 Å². The van der Waals surface area contributed by atoms with Gasteiger partial charge in [0.05, 0.1) is 11.0 Å². The summed E-state index contributed by atoms with van der Waals surface area (Å²) >= 11 is 0. The number of carboxylic acids is 1. The minimum absolute atomic E-state index is 0.146. The predicted octanol–water partition coefficient (Wildman–Crippen LogP) is 3.06. The Labute approximate surface area is 102 Å². The molecule has 0 saturated heterocycles. The number of hydrogen-bond acceptors (Lipinski definition) is 2. The molecule has 0 saturated carbocycles. The van der Waals surface area contributed by atoms with Crippen molar-refractivity contribution in [1.82, 2.24) is 0 Å². The molecule has 0 aliphatic carbocycles. The molecule has 0 radical (unpaired) electrons. The van der Waals surface area contributed by atoms with Crippen molar-refractivity contribution in [2.45, 2.75) is 26.4 Å². The topological polar surface area (TPSA) is 57.5 Å². The van der Waals surface area contributed by atoms with E-state index in [9.17, 15) is 18.0 Å².